The van der Waals surface area contributed by atoms with Gasteiger partial charge < -0.3 is 34.0 Å². The number of quaternary nitrogens is 1. The van der Waals surface area contributed by atoms with E-state index in [4.69, 9.17) is 9.05 Å². The Labute approximate surface area is 294 Å². The number of carbonyl (C=O) groups is 1. The van der Waals surface area contributed by atoms with Crippen LogP contribution in [0.15, 0.2) is 36.5 Å². The molecule has 0 fully saturated rings. The van der Waals surface area contributed by atoms with E-state index >= 15 is 0 Å². The zero-order valence-corrected chi connectivity index (χ0v) is 32.2. The number of rotatable bonds is 33. The number of hydrogen-bond acceptors (Lipinski definition) is 7. The van der Waals surface area contributed by atoms with Gasteiger partial charge >= 0.3 is 0 Å². The molecule has 0 spiro atoms. The van der Waals surface area contributed by atoms with Crippen LogP contribution in [-0.4, -0.2) is 79.8 Å². The fraction of sp³-hybridized carbons (Fsp3) is 0.816. The predicted octanol–water partition coefficient (Wildman–Crippen LogP) is 7.91. The molecule has 0 aliphatic carbocycles. The predicted molar refractivity (Wildman–Crippen MR) is 197 cm³/mol. The van der Waals surface area contributed by atoms with Crippen LogP contribution in [-0.2, 0) is 18.4 Å². The van der Waals surface area contributed by atoms with Gasteiger partial charge in [0.05, 0.1) is 39.9 Å². The first-order valence-electron chi connectivity index (χ1n) is 18.9. The van der Waals surface area contributed by atoms with Crippen molar-refractivity contribution in [3.63, 3.8) is 0 Å². The average Bonchev–Trinajstić information content (AvgIpc) is 3.02. The van der Waals surface area contributed by atoms with Gasteiger partial charge in [0.1, 0.15) is 19.3 Å². The molecule has 0 aromatic carbocycles. The van der Waals surface area contributed by atoms with E-state index in [0.29, 0.717) is 30.3 Å². The van der Waals surface area contributed by atoms with Crippen molar-refractivity contribution in [3.8, 4) is 0 Å². The minimum Gasteiger partial charge on any atom is -0.756 e. The van der Waals surface area contributed by atoms with Crippen molar-refractivity contribution in [1.29, 1.82) is 0 Å². The summed E-state index contributed by atoms with van der Waals surface area (Å²) < 4.78 is 23.0. The summed E-state index contributed by atoms with van der Waals surface area (Å²) in [7, 11) is 1.08. The highest BCUT2D eigenvalue weighted by Gasteiger charge is 2.29. The molecule has 10 heteroatoms. The maximum atomic E-state index is 12.8. The third-order valence-corrected chi connectivity index (χ3v) is 9.13. The van der Waals surface area contributed by atoms with Crippen LogP contribution >= 0.6 is 7.82 Å². The van der Waals surface area contributed by atoms with Gasteiger partial charge in [0, 0.05) is 6.42 Å². The lowest BCUT2D eigenvalue weighted by Gasteiger charge is -2.31. The number of phosphoric acid groups is 1. The summed E-state index contributed by atoms with van der Waals surface area (Å²) in [6, 6.07) is -1.10. The number of aliphatic hydroxyl groups excluding tert-OH is 2. The molecule has 0 aromatic heterocycles. The lowest BCUT2D eigenvalue weighted by Crippen LogP contribution is -2.51. The zero-order valence-electron chi connectivity index (χ0n) is 31.3. The summed E-state index contributed by atoms with van der Waals surface area (Å²) in [6.45, 7) is 4.30. The molecular formula is C38H73N2O7P. The highest BCUT2D eigenvalue weighted by atomic mass is 31.2. The number of unbranched alkanes of at least 4 members (excludes halogenated alkanes) is 13. The van der Waals surface area contributed by atoms with E-state index in [1.165, 1.54) is 38.5 Å². The molecule has 0 radical (unpaired) electrons. The second-order valence-electron chi connectivity index (χ2n) is 14.0. The van der Waals surface area contributed by atoms with E-state index in [-0.39, 0.29) is 18.9 Å². The van der Waals surface area contributed by atoms with Gasteiger partial charge in [-0.05, 0) is 77.0 Å². The van der Waals surface area contributed by atoms with E-state index in [0.717, 1.165) is 64.2 Å². The van der Waals surface area contributed by atoms with Gasteiger partial charge in [0.25, 0.3) is 7.82 Å². The molecule has 4 unspecified atom stereocenters. The molecule has 3 N–H and O–H groups in total. The first-order valence-corrected chi connectivity index (χ1v) is 20.4. The third kappa shape index (κ3) is 30.7. The largest absolute Gasteiger partial charge is 0.756 e. The molecule has 0 rings (SSSR count). The number of amides is 1. The van der Waals surface area contributed by atoms with Crippen LogP contribution in [0.5, 0.6) is 0 Å². The van der Waals surface area contributed by atoms with Gasteiger partial charge in [-0.25, -0.2) is 0 Å². The number of nitrogens with zero attached hydrogens (tertiary/aromatic N) is 1. The maximum Gasteiger partial charge on any atom is 0.268 e. The SMILES string of the molecule is CCCCC/C=C\CCCCCCCC(=O)NC(COP(=O)([O-])OCC[N+](C)(C)C)C(O)C(O)CCC/C=C/CC/C=C/CCCCC. The van der Waals surface area contributed by atoms with E-state index < -0.39 is 32.7 Å². The Bertz CT molecular complexity index is 904. The first kappa shape index (κ1) is 46.7. The van der Waals surface area contributed by atoms with Crippen LogP contribution in [0, 0.1) is 0 Å². The summed E-state index contributed by atoms with van der Waals surface area (Å²) >= 11 is 0. The molecular weight excluding hydrogens is 627 g/mol. The van der Waals surface area contributed by atoms with Crippen molar-refractivity contribution >= 4 is 13.7 Å². The molecule has 0 bridgehead atoms. The van der Waals surface area contributed by atoms with Crippen LogP contribution in [0.4, 0.5) is 0 Å². The lowest BCUT2D eigenvalue weighted by molar-refractivity contribution is -0.870. The zero-order chi connectivity index (χ0) is 35.9. The number of aliphatic hydroxyl groups is 2. The maximum absolute atomic E-state index is 12.8. The number of carbonyl (C=O) groups excluding carboxylic acids is 1. The third-order valence-electron chi connectivity index (χ3n) is 8.17. The van der Waals surface area contributed by atoms with Gasteiger partial charge in [-0.15, -0.1) is 0 Å². The molecule has 4 atom stereocenters. The van der Waals surface area contributed by atoms with Crippen LogP contribution < -0.4 is 10.2 Å². The Hall–Kier alpha value is -1.32. The minimum absolute atomic E-state index is 0.0511. The smallest absolute Gasteiger partial charge is 0.268 e. The van der Waals surface area contributed by atoms with E-state index in [1.54, 1.807) is 0 Å². The van der Waals surface area contributed by atoms with Crippen LogP contribution in [0.3, 0.4) is 0 Å². The first-order chi connectivity index (χ1) is 22.9. The fourth-order valence-corrected chi connectivity index (χ4v) is 5.75. The standard InChI is InChI=1S/C38H73N2O7P/c1-6-8-10-12-14-16-18-20-22-24-26-28-30-36(41)38(43)35(34-47-48(44,45)46-33-32-40(3,4)5)39-37(42)31-29-27-25-23-21-19-17-15-13-11-9-7-2/h14-17,22,24,35-36,38,41,43H,6-13,18-21,23,25-34H2,1-5H3,(H-,39,42,44,45)/b16-14+,17-15-,24-22+. The number of nitrogens with one attached hydrogen (secondary N) is 1. The van der Waals surface area contributed by atoms with Crippen LogP contribution in [0.2, 0.25) is 0 Å². The van der Waals surface area contributed by atoms with Gasteiger partial charge in [0.2, 0.25) is 5.91 Å². The van der Waals surface area contributed by atoms with Crippen molar-refractivity contribution in [2.45, 2.75) is 161 Å². The topological polar surface area (TPSA) is 128 Å². The van der Waals surface area contributed by atoms with Crippen molar-refractivity contribution in [2.24, 2.45) is 0 Å². The summed E-state index contributed by atoms with van der Waals surface area (Å²) in [5.41, 5.74) is 0. The molecule has 48 heavy (non-hydrogen) atoms. The summed E-state index contributed by atoms with van der Waals surface area (Å²) in [6.07, 6.45) is 30.4. The summed E-state index contributed by atoms with van der Waals surface area (Å²) in [5.74, 6) is -0.307. The Balaban J connectivity index is 4.73. The van der Waals surface area contributed by atoms with Crippen molar-refractivity contribution < 1.29 is 38.0 Å². The molecule has 1 amide bonds. The Morgan fingerprint density at radius 3 is 1.75 bits per heavy atom. The second kappa shape index (κ2) is 30.5. The van der Waals surface area contributed by atoms with E-state index in [1.807, 2.05) is 21.1 Å². The van der Waals surface area contributed by atoms with Gasteiger partial charge in [-0.1, -0.05) is 95.2 Å². The average molecular weight is 701 g/mol. The van der Waals surface area contributed by atoms with Gasteiger partial charge in [0.15, 0.2) is 0 Å². The van der Waals surface area contributed by atoms with E-state index in [9.17, 15) is 24.5 Å². The normalized spacial score (nSPS) is 15.8. The number of likely N-dealkylation sites (N-methyl/N-ethyl adjacent to an activating group) is 1. The van der Waals surface area contributed by atoms with Gasteiger partial charge in [-0.3, -0.25) is 9.36 Å². The molecule has 0 saturated heterocycles. The highest BCUT2D eigenvalue weighted by Crippen LogP contribution is 2.38. The summed E-state index contributed by atoms with van der Waals surface area (Å²) in [4.78, 5) is 25.2. The second-order valence-corrected chi connectivity index (χ2v) is 15.5. The molecule has 0 heterocycles. The van der Waals surface area contributed by atoms with Gasteiger partial charge in [-0.2, -0.15) is 0 Å². The molecule has 0 aliphatic heterocycles. The van der Waals surface area contributed by atoms with Crippen molar-refractivity contribution in [1.82, 2.24) is 5.32 Å². The fourth-order valence-electron chi connectivity index (χ4n) is 5.03. The van der Waals surface area contributed by atoms with Crippen LogP contribution in [0.25, 0.3) is 0 Å². The summed E-state index contributed by atoms with van der Waals surface area (Å²) in [5, 5.41) is 24.4. The van der Waals surface area contributed by atoms with Crippen molar-refractivity contribution in [2.75, 3.05) is 40.9 Å². The monoisotopic (exact) mass is 701 g/mol. The number of allylic oxidation sites excluding steroid dienone is 6. The Kier molecular flexibility index (Phi) is 29.7. The van der Waals surface area contributed by atoms with Crippen molar-refractivity contribution in [3.05, 3.63) is 36.5 Å². The Morgan fingerprint density at radius 2 is 1.21 bits per heavy atom. The minimum atomic E-state index is -4.67. The number of hydrogen-bond donors (Lipinski definition) is 3. The molecule has 0 saturated carbocycles. The Morgan fingerprint density at radius 1 is 0.729 bits per heavy atom. The number of phosphoric ester groups is 1. The molecule has 9 nitrogen and oxygen atoms in total. The lowest BCUT2D eigenvalue weighted by atomic mass is 10.0. The molecule has 282 valence electrons. The molecule has 0 aromatic rings. The highest BCUT2D eigenvalue weighted by molar-refractivity contribution is 7.45. The quantitative estimate of drug-likeness (QED) is 0.0275. The van der Waals surface area contributed by atoms with Crippen LogP contribution in [0.1, 0.15) is 142 Å². The van der Waals surface area contributed by atoms with E-state index in [2.05, 4.69) is 55.6 Å². The molecule has 0 aliphatic rings.